The molecule has 0 unspecified atom stereocenters. The molecular weight excluding hydrogens is 344 g/mol. The van der Waals surface area contributed by atoms with Crippen molar-refractivity contribution >= 4 is 22.9 Å². The van der Waals surface area contributed by atoms with Gasteiger partial charge in [0.05, 0.1) is 11.4 Å². The molecule has 8 nitrogen and oxygen atoms in total. The highest BCUT2D eigenvalue weighted by Gasteiger charge is 2.17. The van der Waals surface area contributed by atoms with Gasteiger partial charge in [-0.05, 0) is 24.3 Å². The third kappa shape index (κ3) is 3.04. The van der Waals surface area contributed by atoms with Gasteiger partial charge in [-0.3, -0.25) is 0 Å². The van der Waals surface area contributed by atoms with Gasteiger partial charge in [0.15, 0.2) is 17.0 Å². The number of anilines is 2. The molecule has 27 heavy (non-hydrogen) atoms. The molecule has 0 atom stereocenters. The maximum Gasteiger partial charge on any atom is 0.226 e. The summed E-state index contributed by atoms with van der Waals surface area (Å²) in [6.07, 6.45) is 0. The summed E-state index contributed by atoms with van der Waals surface area (Å²) >= 11 is 0. The number of nitrogens with two attached hydrogens (primary N) is 1. The zero-order chi connectivity index (χ0) is 19.0. The van der Waals surface area contributed by atoms with Crippen LogP contribution in [0.4, 0.5) is 11.8 Å². The normalized spacial score (nSPS) is 10.9. The van der Waals surface area contributed by atoms with Crippen LogP contribution in [-0.4, -0.2) is 37.2 Å². The van der Waals surface area contributed by atoms with Crippen LogP contribution < -0.4 is 11.1 Å². The highest BCUT2D eigenvalue weighted by atomic mass is 16.3. The molecule has 0 aliphatic heterocycles. The second-order valence-electron chi connectivity index (χ2n) is 5.88. The van der Waals surface area contributed by atoms with Gasteiger partial charge in [-0.25, -0.2) is 9.97 Å². The molecule has 0 aliphatic carbocycles. The fourth-order valence-corrected chi connectivity index (χ4v) is 2.79. The molecule has 0 radical (unpaired) electrons. The molecule has 8 heteroatoms. The van der Waals surface area contributed by atoms with Crippen LogP contribution in [-0.2, 0) is 0 Å². The van der Waals surface area contributed by atoms with Crippen LogP contribution in [0.2, 0.25) is 0 Å². The fourth-order valence-electron chi connectivity index (χ4n) is 2.79. The van der Waals surface area contributed by atoms with Crippen molar-refractivity contribution in [2.24, 2.45) is 0 Å². The van der Waals surface area contributed by atoms with Crippen LogP contribution >= 0.6 is 0 Å². The number of nitrogens with zero attached hydrogens (tertiary/aromatic N) is 4. The highest BCUT2D eigenvalue weighted by molar-refractivity contribution is 5.89. The van der Waals surface area contributed by atoms with E-state index in [1.807, 2.05) is 6.07 Å². The van der Waals surface area contributed by atoms with Crippen molar-refractivity contribution in [2.75, 3.05) is 18.1 Å². The van der Waals surface area contributed by atoms with E-state index in [1.54, 1.807) is 49.5 Å². The first kappa shape index (κ1) is 16.5. The molecule has 0 fully saturated rings. The number of phenols is 2. The summed E-state index contributed by atoms with van der Waals surface area (Å²) in [4.78, 5) is 17.8. The molecule has 2 aromatic carbocycles. The lowest BCUT2D eigenvalue weighted by molar-refractivity contribution is 0.475. The first-order valence-corrected chi connectivity index (χ1v) is 8.17. The summed E-state index contributed by atoms with van der Waals surface area (Å²) < 4.78 is 0. The molecule has 134 valence electrons. The number of nitrogen functional groups attached to an aromatic ring is 1. The van der Waals surface area contributed by atoms with E-state index in [1.165, 1.54) is 0 Å². The quantitative estimate of drug-likeness (QED) is 0.439. The summed E-state index contributed by atoms with van der Waals surface area (Å²) in [5.74, 6) is 0.738. The lowest BCUT2D eigenvalue weighted by atomic mass is 10.0. The minimum atomic E-state index is 0.103. The molecular formula is C19H16N6O2. The zero-order valence-electron chi connectivity index (χ0n) is 14.4. The summed E-state index contributed by atoms with van der Waals surface area (Å²) in [5.41, 5.74) is 9.04. The number of benzene rings is 2. The second-order valence-corrected chi connectivity index (χ2v) is 5.88. The molecule has 5 N–H and O–H groups in total. The van der Waals surface area contributed by atoms with Crippen molar-refractivity contribution in [1.29, 1.82) is 0 Å². The van der Waals surface area contributed by atoms with Gasteiger partial charge < -0.3 is 21.3 Å². The molecule has 4 aromatic rings. The first-order valence-electron chi connectivity index (χ1n) is 8.17. The summed E-state index contributed by atoms with van der Waals surface area (Å²) in [6, 6.07) is 13.4. The summed E-state index contributed by atoms with van der Waals surface area (Å²) in [6.45, 7) is 0. The molecule has 0 amide bonds. The van der Waals surface area contributed by atoms with E-state index in [2.05, 4.69) is 25.3 Å². The summed E-state index contributed by atoms with van der Waals surface area (Å²) in [5, 5.41) is 22.6. The SMILES string of the molecule is CNc1nc(N)c2nc(-c3cccc(O)c3)c(-c3cccc(O)c3)nc2n1. The number of hydrogen-bond donors (Lipinski definition) is 4. The maximum atomic E-state index is 9.88. The number of nitrogens with one attached hydrogen (secondary N) is 1. The van der Waals surface area contributed by atoms with Crippen LogP contribution in [0.5, 0.6) is 11.5 Å². The number of aromatic nitrogens is 4. The molecule has 0 saturated carbocycles. The Hall–Kier alpha value is -3.94. The Morgan fingerprint density at radius 2 is 1.41 bits per heavy atom. The average molecular weight is 360 g/mol. The summed E-state index contributed by atoms with van der Waals surface area (Å²) in [7, 11) is 1.69. The van der Waals surface area contributed by atoms with Crippen molar-refractivity contribution in [2.45, 2.75) is 0 Å². The van der Waals surface area contributed by atoms with Crippen molar-refractivity contribution in [3.63, 3.8) is 0 Å². The van der Waals surface area contributed by atoms with Gasteiger partial charge in [0, 0.05) is 18.2 Å². The molecule has 0 aliphatic rings. The van der Waals surface area contributed by atoms with E-state index >= 15 is 0 Å². The average Bonchev–Trinajstić information content (AvgIpc) is 2.67. The van der Waals surface area contributed by atoms with E-state index in [0.717, 1.165) is 0 Å². The minimum absolute atomic E-state index is 0.103. The first-order chi connectivity index (χ1) is 13.0. The highest BCUT2D eigenvalue weighted by Crippen LogP contribution is 2.34. The molecule has 4 rings (SSSR count). The van der Waals surface area contributed by atoms with Gasteiger partial charge in [-0.1, -0.05) is 24.3 Å². The largest absolute Gasteiger partial charge is 0.508 e. The third-order valence-corrected chi connectivity index (χ3v) is 4.02. The Kier molecular flexibility index (Phi) is 3.92. The predicted octanol–water partition coefficient (Wildman–Crippen LogP) is 2.79. The van der Waals surface area contributed by atoms with Crippen LogP contribution in [0, 0.1) is 0 Å². The number of fused-ring (bicyclic) bond motifs is 1. The fraction of sp³-hybridized carbons (Fsp3) is 0.0526. The van der Waals surface area contributed by atoms with E-state index in [-0.39, 0.29) is 17.3 Å². The van der Waals surface area contributed by atoms with Gasteiger partial charge in [0.25, 0.3) is 0 Å². The number of rotatable bonds is 3. The van der Waals surface area contributed by atoms with Crippen LogP contribution in [0.25, 0.3) is 33.7 Å². The Balaban J connectivity index is 2.07. The van der Waals surface area contributed by atoms with Gasteiger partial charge in [0.2, 0.25) is 5.95 Å². The van der Waals surface area contributed by atoms with Crippen LogP contribution in [0.15, 0.2) is 48.5 Å². The smallest absolute Gasteiger partial charge is 0.226 e. The van der Waals surface area contributed by atoms with Crippen LogP contribution in [0.1, 0.15) is 0 Å². The molecule has 0 saturated heterocycles. The predicted molar refractivity (Wildman–Crippen MR) is 103 cm³/mol. The number of phenolic OH excluding ortho intramolecular Hbond substituents is 2. The Morgan fingerprint density at radius 3 is 1.96 bits per heavy atom. The van der Waals surface area contributed by atoms with E-state index in [9.17, 15) is 10.2 Å². The molecule has 0 spiro atoms. The van der Waals surface area contributed by atoms with Gasteiger partial charge in [-0.2, -0.15) is 9.97 Å². The lowest BCUT2D eigenvalue weighted by Crippen LogP contribution is -2.05. The second kappa shape index (κ2) is 6.41. The Morgan fingerprint density at radius 1 is 0.815 bits per heavy atom. The van der Waals surface area contributed by atoms with Crippen molar-refractivity contribution in [1.82, 2.24) is 19.9 Å². The minimum Gasteiger partial charge on any atom is -0.508 e. The van der Waals surface area contributed by atoms with Crippen molar-refractivity contribution in [3.05, 3.63) is 48.5 Å². The number of hydrogen-bond acceptors (Lipinski definition) is 8. The standard InChI is InChI=1S/C19H16N6O2/c1-21-19-24-17(20)16-18(25-19)23-15(11-5-3-7-13(27)9-11)14(22-16)10-4-2-6-12(26)8-10/h2-9,26-27H,1H3,(H3,20,21,23,24,25). The Labute approximate surface area is 154 Å². The van der Waals surface area contributed by atoms with Crippen molar-refractivity contribution < 1.29 is 10.2 Å². The third-order valence-electron chi connectivity index (χ3n) is 4.02. The molecule has 0 bridgehead atoms. The number of aromatic hydroxyl groups is 2. The van der Waals surface area contributed by atoms with E-state index in [4.69, 9.17) is 5.73 Å². The molecule has 2 heterocycles. The zero-order valence-corrected chi connectivity index (χ0v) is 14.4. The van der Waals surface area contributed by atoms with E-state index < -0.39 is 0 Å². The van der Waals surface area contributed by atoms with Crippen molar-refractivity contribution in [3.8, 4) is 34.0 Å². The van der Waals surface area contributed by atoms with Gasteiger partial charge in [0.1, 0.15) is 11.5 Å². The van der Waals surface area contributed by atoms with Crippen LogP contribution in [0.3, 0.4) is 0 Å². The monoisotopic (exact) mass is 360 g/mol. The maximum absolute atomic E-state index is 9.88. The topological polar surface area (TPSA) is 130 Å². The Bertz CT molecular complexity index is 1160. The van der Waals surface area contributed by atoms with Gasteiger partial charge >= 0.3 is 0 Å². The molecule has 2 aromatic heterocycles. The van der Waals surface area contributed by atoms with E-state index in [0.29, 0.717) is 39.6 Å². The van der Waals surface area contributed by atoms with Gasteiger partial charge in [-0.15, -0.1) is 0 Å². The lowest BCUT2D eigenvalue weighted by Gasteiger charge is -2.12.